The van der Waals surface area contributed by atoms with Crippen molar-refractivity contribution >= 4 is 39.3 Å². The molecule has 1 aliphatic heterocycles. The number of carbonyl (C=O) groups excluding carboxylic acids is 1. The van der Waals surface area contributed by atoms with Crippen molar-refractivity contribution in [3.8, 4) is 23.0 Å². The molecule has 0 bridgehead atoms. The average Bonchev–Trinajstić information content (AvgIpc) is 3.34. The Morgan fingerprint density at radius 2 is 1.83 bits per heavy atom. The number of ether oxygens (including phenoxy) is 5. The Kier molecular flexibility index (Phi) is 10.5. The molecule has 5 rings (SSSR count). The fourth-order valence-corrected chi connectivity index (χ4v) is 6.71. The van der Waals surface area contributed by atoms with Crippen LogP contribution in [0.5, 0.6) is 23.0 Å². The van der Waals surface area contributed by atoms with E-state index in [1.165, 1.54) is 36.2 Å². The molecule has 4 aromatic rings. The quantitative estimate of drug-likeness (QED) is 0.173. The molecular formula is C35H34BrFN2O7S. The number of aromatic nitrogens is 1. The number of nitrogens with zero attached hydrogens (tertiary/aromatic N) is 2. The monoisotopic (exact) mass is 724 g/mol. The summed E-state index contributed by atoms with van der Waals surface area (Å²) in [5.74, 6) is 0.735. The predicted octanol–water partition coefficient (Wildman–Crippen LogP) is 6.08. The van der Waals surface area contributed by atoms with Gasteiger partial charge in [-0.15, -0.1) is 0 Å². The Labute approximate surface area is 283 Å². The maximum Gasteiger partial charge on any atom is 0.338 e. The maximum atomic E-state index is 14.4. The van der Waals surface area contributed by atoms with Gasteiger partial charge < -0.3 is 23.7 Å². The molecule has 1 aromatic heterocycles. The Morgan fingerprint density at radius 1 is 1.09 bits per heavy atom. The first-order valence-corrected chi connectivity index (χ1v) is 16.4. The minimum absolute atomic E-state index is 0.0623. The van der Waals surface area contributed by atoms with Crippen LogP contribution in [0.4, 0.5) is 4.39 Å². The lowest BCUT2D eigenvalue weighted by Crippen LogP contribution is -2.40. The van der Waals surface area contributed by atoms with Gasteiger partial charge in [0.15, 0.2) is 27.8 Å². The van der Waals surface area contributed by atoms with E-state index in [9.17, 15) is 14.0 Å². The van der Waals surface area contributed by atoms with Crippen LogP contribution in [-0.2, 0) is 16.1 Å². The average molecular weight is 726 g/mol. The van der Waals surface area contributed by atoms with Gasteiger partial charge in [0.2, 0.25) is 0 Å². The molecule has 0 aliphatic carbocycles. The van der Waals surface area contributed by atoms with Crippen molar-refractivity contribution < 1.29 is 32.9 Å². The number of halogens is 2. The van der Waals surface area contributed by atoms with Crippen LogP contribution in [0.1, 0.15) is 50.4 Å². The van der Waals surface area contributed by atoms with Gasteiger partial charge in [-0.2, -0.15) is 0 Å². The van der Waals surface area contributed by atoms with Crippen LogP contribution in [0.15, 0.2) is 80.1 Å². The van der Waals surface area contributed by atoms with E-state index in [0.29, 0.717) is 59.2 Å². The molecule has 3 aromatic carbocycles. The molecule has 0 spiro atoms. The van der Waals surface area contributed by atoms with Gasteiger partial charge >= 0.3 is 5.97 Å². The van der Waals surface area contributed by atoms with Crippen LogP contribution >= 0.6 is 27.3 Å². The second-order valence-electron chi connectivity index (χ2n) is 10.8. The third-order valence-electron chi connectivity index (χ3n) is 7.27. The highest BCUT2D eigenvalue weighted by molar-refractivity contribution is 9.10. The second-order valence-corrected chi connectivity index (χ2v) is 12.7. The largest absolute Gasteiger partial charge is 0.493 e. The zero-order valence-corrected chi connectivity index (χ0v) is 29.2. The topological polar surface area (TPSA) is 97.6 Å². The van der Waals surface area contributed by atoms with E-state index >= 15 is 0 Å². The number of allylic oxidation sites excluding steroid dienone is 1. The van der Waals surface area contributed by atoms with Gasteiger partial charge in [-0.3, -0.25) is 9.36 Å². The molecule has 0 saturated carbocycles. The lowest BCUT2D eigenvalue weighted by atomic mass is 9.95. The Balaban J connectivity index is 1.68. The van der Waals surface area contributed by atoms with Gasteiger partial charge in [0.05, 0.1) is 48.8 Å². The minimum Gasteiger partial charge on any atom is -0.493 e. The Morgan fingerprint density at radius 3 is 2.51 bits per heavy atom. The number of thiazole rings is 1. The molecule has 47 heavy (non-hydrogen) atoms. The highest BCUT2D eigenvalue weighted by Gasteiger charge is 2.34. The van der Waals surface area contributed by atoms with E-state index in [-0.39, 0.29) is 30.5 Å². The smallest absolute Gasteiger partial charge is 0.338 e. The molecule has 0 saturated heterocycles. The normalized spacial score (nSPS) is 14.5. The highest BCUT2D eigenvalue weighted by Crippen LogP contribution is 2.38. The Bertz CT molecular complexity index is 2040. The molecule has 1 atom stereocenters. The molecule has 12 heteroatoms. The first-order chi connectivity index (χ1) is 22.6. The van der Waals surface area contributed by atoms with E-state index in [4.69, 9.17) is 23.7 Å². The molecule has 9 nitrogen and oxygen atoms in total. The van der Waals surface area contributed by atoms with E-state index < -0.39 is 17.8 Å². The van der Waals surface area contributed by atoms with Gasteiger partial charge in [0, 0.05) is 15.6 Å². The highest BCUT2D eigenvalue weighted by atomic mass is 79.9. The first-order valence-electron chi connectivity index (χ1n) is 14.8. The second kappa shape index (κ2) is 14.6. The summed E-state index contributed by atoms with van der Waals surface area (Å²) in [6, 6.07) is 14.3. The zero-order valence-electron chi connectivity index (χ0n) is 26.8. The SMILES string of the molecule is CCOC(=O)C1=C(C)N=c2s/c(=C/c3cc(Br)cc(OC)c3OCc3ccccc3F)c(=O)n2[C@H]1c1ccc(OC(C)C)c(OC)c1. The van der Waals surface area contributed by atoms with E-state index in [1.807, 2.05) is 13.8 Å². The van der Waals surface area contributed by atoms with E-state index in [1.54, 1.807) is 68.5 Å². The van der Waals surface area contributed by atoms with E-state index in [2.05, 4.69) is 20.9 Å². The molecule has 0 unspecified atom stereocenters. The van der Waals surface area contributed by atoms with Crippen molar-refractivity contribution in [2.24, 2.45) is 4.99 Å². The van der Waals surface area contributed by atoms with Gasteiger partial charge in [-0.05, 0) is 69.7 Å². The number of carbonyl (C=O) groups is 1. The lowest BCUT2D eigenvalue weighted by molar-refractivity contribution is -0.139. The van der Waals surface area contributed by atoms with Crippen molar-refractivity contribution in [1.82, 2.24) is 4.57 Å². The summed E-state index contributed by atoms with van der Waals surface area (Å²) in [6.07, 6.45) is 1.58. The number of hydrogen-bond acceptors (Lipinski definition) is 9. The Hall–Kier alpha value is -4.42. The van der Waals surface area contributed by atoms with Crippen molar-refractivity contribution in [2.45, 2.75) is 46.4 Å². The molecule has 1 aliphatic rings. The van der Waals surface area contributed by atoms with Gasteiger partial charge in [0.25, 0.3) is 5.56 Å². The number of rotatable bonds is 11. The summed E-state index contributed by atoms with van der Waals surface area (Å²) >= 11 is 4.68. The van der Waals surface area contributed by atoms with Crippen molar-refractivity contribution in [1.29, 1.82) is 0 Å². The van der Waals surface area contributed by atoms with Crippen LogP contribution in [0.2, 0.25) is 0 Å². The summed E-state index contributed by atoms with van der Waals surface area (Å²) < 4.78 is 45.6. The molecule has 2 heterocycles. The number of esters is 1. The van der Waals surface area contributed by atoms with Crippen molar-refractivity contribution in [3.63, 3.8) is 0 Å². The summed E-state index contributed by atoms with van der Waals surface area (Å²) in [4.78, 5) is 32.7. The van der Waals surface area contributed by atoms with Gasteiger partial charge in [0.1, 0.15) is 12.4 Å². The third-order valence-corrected chi connectivity index (χ3v) is 8.71. The first kappa shape index (κ1) is 33.9. The molecular weight excluding hydrogens is 691 g/mol. The molecule has 0 amide bonds. The molecule has 0 fully saturated rings. The third kappa shape index (κ3) is 7.13. The summed E-state index contributed by atoms with van der Waals surface area (Å²) in [5.41, 5.74) is 1.79. The van der Waals surface area contributed by atoms with E-state index in [0.717, 1.165) is 0 Å². The maximum absolute atomic E-state index is 14.4. The molecule has 0 N–H and O–H groups in total. The fourth-order valence-electron chi connectivity index (χ4n) is 5.22. The van der Waals surface area contributed by atoms with Gasteiger partial charge in [-0.25, -0.2) is 14.2 Å². The fraction of sp³-hybridized carbons (Fsp3) is 0.286. The number of methoxy groups -OCH3 is 2. The summed E-state index contributed by atoms with van der Waals surface area (Å²) in [7, 11) is 3.03. The number of fused-ring (bicyclic) bond motifs is 1. The summed E-state index contributed by atoms with van der Waals surface area (Å²) in [5, 5.41) is 0. The summed E-state index contributed by atoms with van der Waals surface area (Å²) in [6.45, 7) is 7.35. The zero-order chi connectivity index (χ0) is 33.8. The van der Waals surface area contributed by atoms with Crippen LogP contribution in [0.3, 0.4) is 0 Å². The number of benzene rings is 3. The van der Waals surface area contributed by atoms with Crippen LogP contribution < -0.4 is 33.8 Å². The van der Waals surface area contributed by atoms with Crippen LogP contribution in [0.25, 0.3) is 6.08 Å². The van der Waals surface area contributed by atoms with Crippen LogP contribution in [0, 0.1) is 5.82 Å². The lowest BCUT2D eigenvalue weighted by Gasteiger charge is -2.25. The van der Waals surface area contributed by atoms with Crippen LogP contribution in [-0.4, -0.2) is 37.5 Å². The van der Waals surface area contributed by atoms with Crippen molar-refractivity contribution in [3.05, 3.63) is 113 Å². The van der Waals surface area contributed by atoms with Gasteiger partial charge in [-0.1, -0.05) is 51.5 Å². The molecule has 0 radical (unpaired) electrons. The molecule has 246 valence electrons. The minimum atomic E-state index is -0.858. The standard InChI is InChI=1S/C35H34BrFN2O7S/c1-7-44-34(41)30-20(4)38-35-39(31(30)21-12-13-26(46-19(2)3)27(15-21)42-5)33(40)29(47-35)16-23-14-24(36)17-28(43-6)32(23)45-18-22-10-8-9-11-25(22)37/h8-17,19,31H,7,18H2,1-6H3/b29-16+/t31-/m0/s1. The van der Waals surface area contributed by atoms with Crippen molar-refractivity contribution in [2.75, 3.05) is 20.8 Å². The predicted molar refractivity (Wildman–Crippen MR) is 181 cm³/mol. The number of hydrogen-bond donors (Lipinski definition) is 0.